The summed E-state index contributed by atoms with van der Waals surface area (Å²) in [5.74, 6) is -2.71. The molecule has 0 aromatic heterocycles. The number of Topliss-reactive ketones (excluding diaryl/α,β-unsaturated/α-hetero) is 2. The lowest BCUT2D eigenvalue weighted by molar-refractivity contribution is -0.143. The van der Waals surface area contributed by atoms with Crippen LogP contribution in [-0.2, 0) is 19.2 Å². The lowest BCUT2D eigenvalue weighted by Gasteiger charge is -2.61. The first-order chi connectivity index (χ1) is 16.9. The Balaban J connectivity index is 1.80. The summed E-state index contributed by atoms with van der Waals surface area (Å²) in [7, 11) is 0. The number of fused-ring (bicyclic) bond motifs is 4. The molecule has 0 heterocycles. The maximum absolute atomic E-state index is 14.0. The summed E-state index contributed by atoms with van der Waals surface area (Å²) in [6, 6.07) is 0. The Bertz CT molecular complexity index is 1130. The number of aliphatic hydroxyl groups is 2. The smallest absolute Gasteiger partial charge is 0.306 e. The number of rotatable bonds is 5. The molecule has 0 saturated heterocycles. The number of carbonyl (C=O) groups is 4. The summed E-state index contributed by atoms with van der Waals surface area (Å²) in [6.45, 7) is 13.1. The number of aliphatic carboxylic acids is 1. The Hall–Kier alpha value is -2.12. The van der Waals surface area contributed by atoms with Gasteiger partial charge in [0.2, 0.25) is 0 Å². The summed E-state index contributed by atoms with van der Waals surface area (Å²) in [5.41, 5.74) is -1.06. The Morgan fingerprint density at radius 1 is 1.11 bits per heavy atom. The van der Waals surface area contributed by atoms with Gasteiger partial charge in [0.05, 0.1) is 23.5 Å². The minimum atomic E-state index is -1.05. The molecule has 8 atom stereocenters. The molecule has 7 nitrogen and oxygen atoms in total. The fourth-order valence-corrected chi connectivity index (χ4v) is 8.69. The van der Waals surface area contributed by atoms with E-state index in [4.69, 9.17) is 5.11 Å². The fourth-order valence-electron chi connectivity index (χ4n) is 8.69. The lowest BCUT2D eigenvalue weighted by atomic mass is 9.42. The van der Waals surface area contributed by atoms with Crippen LogP contribution in [0.4, 0.5) is 0 Å². The molecule has 0 aliphatic heterocycles. The average Bonchev–Trinajstić information content (AvgIpc) is 2.99. The molecule has 7 heteroatoms. The van der Waals surface area contributed by atoms with E-state index in [0.29, 0.717) is 36.0 Å². The molecule has 0 aromatic carbocycles. The molecule has 2 saturated carbocycles. The van der Waals surface area contributed by atoms with Crippen molar-refractivity contribution in [3.63, 3.8) is 0 Å². The van der Waals surface area contributed by atoms with Crippen molar-refractivity contribution in [1.82, 2.24) is 0 Å². The van der Waals surface area contributed by atoms with Gasteiger partial charge in [-0.3, -0.25) is 19.2 Å². The van der Waals surface area contributed by atoms with E-state index in [2.05, 4.69) is 6.92 Å². The third-order valence-corrected chi connectivity index (χ3v) is 11.2. The minimum Gasteiger partial charge on any atom is -0.481 e. The first-order valence-electron chi connectivity index (χ1n) is 13.5. The van der Waals surface area contributed by atoms with Crippen LogP contribution in [-0.4, -0.2) is 50.8 Å². The van der Waals surface area contributed by atoms with Gasteiger partial charge in [-0.25, -0.2) is 0 Å². The minimum absolute atomic E-state index is 0.0321. The zero-order chi connectivity index (χ0) is 27.9. The van der Waals surface area contributed by atoms with Crippen LogP contribution in [0.2, 0.25) is 0 Å². The largest absolute Gasteiger partial charge is 0.481 e. The van der Waals surface area contributed by atoms with Crippen molar-refractivity contribution in [2.45, 2.75) is 99.2 Å². The fraction of sp³-hybridized carbons (Fsp3) is 0.733. The van der Waals surface area contributed by atoms with Crippen molar-refractivity contribution in [1.29, 1.82) is 0 Å². The van der Waals surface area contributed by atoms with Crippen LogP contribution in [0.15, 0.2) is 22.8 Å². The van der Waals surface area contributed by atoms with Gasteiger partial charge >= 0.3 is 5.97 Å². The summed E-state index contributed by atoms with van der Waals surface area (Å²) in [4.78, 5) is 51.7. The summed E-state index contributed by atoms with van der Waals surface area (Å²) in [5, 5.41) is 31.5. The van der Waals surface area contributed by atoms with Crippen molar-refractivity contribution < 1.29 is 34.5 Å². The van der Waals surface area contributed by atoms with E-state index in [1.54, 1.807) is 6.92 Å². The Morgan fingerprint density at radius 3 is 2.32 bits per heavy atom. The Labute approximate surface area is 219 Å². The molecule has 37 heavy (non-hydrogen) atoms. The quantitative estimate of drug-likeness (QED) is 0.472. The lowest BCUT2D eigenvalue weighted by Crippen LogP contribution is -2.60. The highest BCUT2D eigenvalue weighted by molar-refractivity contribution is 6.05. The van der Waals surface area contributed by atoms with Crippen LogP contribution in [0.1, 0.15) is 87.0 Å². The van der Waals surface area contributed by atoms with Gasteiger partial charge in [0, 0.05) is 24.8 Å². The molecule has 0 spiro atoms. The highest BCUT2D eigenvalue weighted by Gasteiger charge is 2.69. The highest BCUT2D eigenvalue weighted by atomic mass is 16.4. The number of carboxylic acid groups (broad SMARTS) is 1. The van der Waals surface area contributed by atoms with Gasteiger partial charge in [0.15, 0.2) is 11.6 Å². The highest BCUT2D eigenvalue weighted by Crippen LogP contribution is 2.70. The predicted molar refractivity (Wildman–Crippen MR) is 137 cm³/mol. The second-order valence-electron chi connectivity index (χ2n) is 13.5. The second-order valence-corrected chi connectivity index (χ2v) is 13.5. The van der Waals surface area contributed by atoms with E-state index >= 15 is 0 Å². The van der Waals surface area contributed by atoms with E-state index in [0.717, 1.165) is 0 Å². The number of carbonyl (C=O) groups excluding carboxylic acids is 3. The molecule has 4 rings (SSSR count). The van der Waals surface area contributed by atoms with Crippen molar-refractivity contribution in [3.05, 3.63) is 22.8 Å². The Kier molecular flexibility index (Phi) is 6.56. The summed E-state index contributed by atoms with van der Waals surface area (Å²) < 4.78 is 0. The maximum Gasteiger partial charge on any atom is 0.306 e. The van der Waals surface area contributed by atoms with Crippen molar-refractivity contribution in [3.8, 4) is 0 Å². The van der Waals surface area contributed by atoms with E-state index in [-0.39, 0.29) is 48.4 Å². The zero-order valence-electron chi connectivity index (χ0n) is 23.2. The van der Waals surface area contributed by atoms with Crippen molar-refractivity contribution in [2.75, 3.05) is 0 Å². The van der Waals surface area contributed by atoms with Gasteiger partial charge in [0.25, 0.3) is 0 Å². The van der Waals surface area contributed by atoms with Crippen molar-refractivity contribution >= 4 is 23.3 Å². The average molecular weight is 515 g/mol. The number of hydrogen-bond acceptors (Lipinski definition) is 6. The topological polar surface area (TPSA) is 129 Å². The van der Waals surface area contributed by atoms with Crippen LogP contribution in [0.3, 0.4) is 0 Å². The molecule has 0 radical (unpaired) electrons. The van der Waals surface area contributed by atoms with Crippen LogP contribution < -0.4 is 0 Å². The monoisotopic (exact) mass is 514 g/mol. The Morgan fingerprint density at radius 2 is 1.73 bits per heavy atom. The van der Waals surface area contributed by atoms with Crippen LogP contribution in [0, 0.1) is 39.4 Å². The van der Waals surface area contributed by atoms with Gasteiger partial charge in [-0.05, 0) is 72.8 Å². The molecule has 204 valence electrons. The van der Waals surface area contributed by atoms with Crippen molar-refractivity contribution in [2.24, 2.45) is 39.4 Å². The number of allylic oxidation sites excluding steroid dienone is 3. The molecule has 3 N–H and O–H groups in total. The van der Waals surface area contributed by atoms with E-state index in [1.807, 2.05) is 27.7 Å². The van der Waals surface area contributed by atoms with Gasteiger partial charge < -0.3 is 15.3 Å². The summed E-state index contributed by atoms with van der Waals surface area (Å²) in [6.07, 6.45) is 1.71. The molecule has 0 bridgehead atoms. The number of carboxylic acids is 1. The standard InChI is InChI=1S/C30H42O7/c1-15(10-17(31)11-16(2)26(36)37)18-12-23(35)30(7)25-19(32)13-21-27(3,4)22(34)8-9-28(21,5)24(25)20(33)14-29(18,30)6/h10,16,18-19,21-22,32,34H,8-9,11-14H2,1-7H3,(H,36,37)/b15-10+/t16?,18?,19-,21?,22-,28-,29+,30-/m0/s1. The maximum atomic E-state index is 14.0. The van der Waals surface area contributed by atoms with Crippen LogP contribution in [0.5, 0.6) is 0 Å². The first-order valence-corrected chi connectivity index (χ1v) is 13.5. The van der Waals surface area contributed by atoms with Gasteiger partial charge in [-0.15, -0.1) is 0 Å². The van der Waals surface area contributed by atoms with Gasteiger partial charge in [-0.2, -0.15) is 0 Å². The van der Waals surface area contributed by atoms with E-state index in [9.17, 15) is 29.4 Å². The second kappa shape index (κ2) is 8.70. The third kappa shape index (κ3) is 3.75. The predicted octanol–water partition coefficient (Wildman–Crippen LogP) is 4.05. The van der Waals surface area contributed by atoms with Gasteiger partial charge in [0.1, 0.15) is 5.78 Å². The number of hydrogen-bond donors (Lipinski definition) is 3. The molecule has 3 unspecified atom stereocenters. The molecule has 2 fully saturated rings. The van der Waals surface area contributed by atoms with E-state index < -0.39 is 45.8 Å². The normalized spacial score (nSPS) is 42.1. The zero-order valence-corrected chi connectivity index (χ0v) is 23.2. The number of aliphatic hydroxyl groups excluding tert-OH is 2. The van der Waals surface area contributed by atoms with Crippen LogP contribution >= 0.6 is 0 Å². The first kappa shape index (κ1) is 27.9. The molecule has 0 amide bonds. The van der Waals surface area contributed by atoms with Crippen LogP contribution in [0.25, 0.3) is 0 Å². The molecular weight excluding hydrogens is 472 g/mol. The molecule has 4 aliphatic carbocycles. The van der Waals surface area contributed by atoms with Gasteiger partial charge in [-0.1, -0.05) is 40.2 Å². The van der Waals surface area contributed by atoms with E-state index in [1.165, 1.54) is 13.0 Å². The summed E-state index contributed by atoms with van der Waals surface area (Å²) >= 11 is 0. The molecular formula is C30H42O7. The molecule has 0 aromatic rings. The SMILES string of the molecule is C/C(=C\C(=O)CC(C)C(=O)O)C1CC(=O)[C@@]2(C)C3=C(C(=O)C[C@]12C)[C@@]1(C)CC[C@H](O)C(C)(C)C1C[C@@H]3O. The molecule has 4 aliphatic rings. The third-order valence-electron chi connectivity index (χ3n) is 11.2. The number of ketones is 3.